The first-order valence-electron chi connectivity index (χ1n) is 5.87. The molecule has 1 aromatic heterocycles. The average Bonchev–Trinajstić information content (AvgIpc) is 2.69. The highest BCUT2D eigenvalue weighted by Crippen LogP contribution is 2.10. The molecule has 3 nitrogen and oxygen atoms in total. The molecule has 1 amide bonds. The number of hydrogen-bond acceptors (Lipinski definition) is 3. The van der Waals surface area contributed by atoms with Crippen LogP contribution in [0.2, 0.25) is 0 Å². The zero-order valence-corrected chi connectivity index (χ0v) is 10.2. The largest absolute Gasteiger partial charge is 0.356 e. The Hall–Kier alpha value is -0.870. The highest BCUT2D eigenvalue weighted by Gasteiger charge is 2.16. The Morgan fingerprint density at radius 1 is 1.56 bits per heavy atom. The molecular weight excluding hydrogens is 220 g/mol. The summed E-state index contributed by atoms with van der Waals surface area (Å²) in [7, 11) is 0. The quantitative estimate of drug-likeness (QED) is 0.835. The van der Waals surface area contributed by atoms with Crippen LogP contribution < -0.4 is 10.6 Å². The van der Waals surface area contributed by atoms with Crippen molar-refractivity contribution in [2.75, 3.05) is 13.1 Å². The van der Waals surface area contributed by atoms with Crippen LogP contribution in [-0.4, -0.2) is 25.0 Å². The third kappa shape index (κ3) is 3.61. The van der Waals surface area contributed by atoms with Crippen molar-refractivity contribution in [1.29, 1.82) is 0 Å². The molecule has 1 aromatic rings. The smallest absolute Gasteiger partial charge is 0.221 e. The molecule has 4 heteroatoms. The predicted molar refractivity (Wildman–Crippen MR) is 66.7 cm³/mol. The molecule has 0 saturated carbocycles. The van der Waals surface area contributed by atoms with Crippen molar-refractivity contribution in [2.45, 2.75) is 31.7 Å². The van der Waals surface area contributed by atoms with E-state index in [-0.39, 0.29) is 5.91 Å². The Balaban J connectivity index is 1.70. The van der Waals surface area contributed by atoms with Crippen LogP contribution in [0.5, 0.6) is 0 Å². The molecule has 0 aromatic carbocycles. The van der Waals surface area contributed by atoms with Gasteiger partial charge in [-0.05, 0) is 30.7 Å². The molecule has 1 aliphatic rings. The van der Waals surface area contributed by atoms with E-state index in [4.69, 9.17) is 0 Å². The number of amides is 1. The Bertz CT molecular complexity index is 324. The Morgan fingerprint density at radius 2 is 2.50 bits per heavy atom. The molecule has 2 N–H and O–H groups in total. The van der Waals surface area contributed by atoms with Gasteiger partial charge in [-0.3, -0.25) is 4.79 Å². The lowest BCUT2D eigenvalue weighted by atomic mass is 10.1. The van der Waals surface area contributed by atoms with E-state index in [2.05, 4.69) is 28.1 Å². The van der Waals surface area contributed by atoms with E-state index < -0.39 is 0 Å². The lowest BCUT2D eigenvalue weighted by Gasteiger charge is -2.14. The molecule has 16 heavy (non-hydrogen) atoms. The summed E-state index contributed by atoms with van der Waals surface area (Å²) in [4.78, 5) is 12.7. The lowest BCUT2D eigenvalue weighted by Crippen LogP contribution is -2.33. The van der Waals surface area contributed by atoms with Crippen molar-refractivity contribution >= 4 is 17.2 Å². The van der Waals surface area contributed by atoms with Gasteiger partial charge in [0.25, 0.3) is 0 Å². The van der Waals surface area contributed by atoms with Gasteiger partial charge in [-0.2, -0.15) is 0 Å². The number of carbonyl (C=O) groups is 1. The molecule has 0 aliphatic carbocycles. The summed E-state index contributed by atoms with van der Waals surface area (Å²) in [6.45, 7) is 1.81. The van der Waals surface area contributed by atoms with Crippen LogP contribution >= 0.6 is 11.3 Å². The van der Waals surface area contributed by atoms with Gasteiger partial charge in [-0.25, -0.2) is 0 Å². The fourth-order valence-corrected chi connectivity index (χ4v) is 2.71. The number of thiophene rings is 1. The van der Waals surface area contributed by atoms with Gasteiger partial charge in [0.1, 0.15) is 0 Å². The number of carbonyl (C=O) groups excluding carboxylic acids is 1. The van der Waals surface area contributed by atoms with Crippen molar-refractivity contribution in [3.63, 3.8) is 0 Å². The lowest BCUT2D eigenvalue weighted by molar-refractivity contribution is -0.121. The Labute approximate surface area is 100 Å². The van der Waals surface area contributed by atoms with Crippen molar-refractivity contribution in [2.24, 2.45) is 0 Å². The Morgan fingerprint density at radius 3 is 3.31 bits per heavy atom. The monoisotopic (exact) mass is 238 g/mol. The molecule has 1 atom stereocenters. The fraction of sp³-hybridized carbons (Fsp3) is 0.583. The van der Waals surface area contributed by atoms with Gasteiger partial charge in [-0.15, -0.1) is 11.3 Å². The normalized spacial score (nSPS) is 21.5. The van der Waals surface area contributed by atoms with Crippen LogP contribution in [0, 0.1) is 0 Å². The summed E-state index contributed by atoms with van der Waals surface area (Å²) in [6, 6.07) is 4.60. The molecule has 1 saturated heterocycles. The predicted octanol–water partition coefficient (Wildman–Crippen LogP) is 1.55. The summed E-state index contributed by atoms with van der Waals surface area (Å²) in [6.07, 6.45) is 3.88. The summed E-state index contributed by atoms with van der Waals surface area (Å²) < 4.78 is 0. The average molecular weight is 238 g/mol. The van der Waals surface area contributed by atoms with Crippen LogP contribution in [-0.2, 0) is 11.2 Å². The molecule has 0 bridgehead atoms. The van der Waals surface area contributed by atoms with Crippen LogP contribution in [0.3, 0.4) is 0 Å². The molecule has 1 fully saturated rings. The Kier molecular flexibility index (Phi) is 4.36. The zero-order valence-electron chi connectivity index (χ0n) is 9.37. The minimum atomic E-state index is 0.186. The first-order valence-corrected chi connectivity index (χ1v) is 6.75. The van der Waals surface area contributed by atoms with Crippen LogP contribution in [0.25, 0.3) is 0 Å². The second-order valence-electron chi connectivity index (χ2n) is 4.18. The van der Waals surface area contributed by atoms with E-state index in [9.17, 15) is 4.79 Å². The maximum absolute atomic E-state index is 11.3. The summed E-state index contributed by atoms with van der Waals surface area (Å²) in [5.41, 5.74) is 0. The van der Waals surface area contributed by atoms with Gasteiger partial charge >= 0.3 is 0 Å². The van der Waals surface area contributed by atoms with Crippen molar-refractivity contribution in [3.05, 3.63) is 22.4 Å². The second-order valence-corrected chi connectivity index (χ2v) is 5.21. The van der Waals surface area contributed by atoms with Crippen molar-refractivity contribution in [3.8, 4) is 0 Å². The van der Waals surface area contributed by atoms with Crippen LogP contribution in [0.1, 0.15) is 24.1 Å². The number of nitrogens with one attached hydrogen (secondary N) is 2. The topological polar surface area (TPSA) is 41.1 Å². The standard InChI is InChI=1S/C12H18N2OS/c15-12-9-10(3-1-6-14-12)13-7-5-11-4-2-8-16-11/h2,4,8,10,13H,1,3,5-7,9H2,(H,14,15). The highest BCUT2D eigenvalue weighted by molar-refractivity contribution is 7.09. The number of hydrogen-bond donors (Lipinski definition) is 2. The minimum Gasteiger partial charge on any atom is -0.356 e. The maximum atomic E-state index is 11.3. The summed E-state index contributed by atoms with van der Waals surface area (Å²) in [5.74, 6) is 0.186. The molecule has 2 rings (SSSR count). The molecular formula is C12H18N2OS. The van der Waals surface area contributed by atoms with E-state index in [0.717, 1.165) is 32.4 Å². The van der Waals surface area contributed by atoms with Gasteiger partial charge in [-0.1, -0.05) is 6.07 Å². The van der Waals surface area contributed by atoms with E-state index in [1.807, 2.05) is 0 Å². The van der Waals surface area contributed by atoms with Gasteiger partial charge in [0.05, 0.1) is 0 Å². The van der Waals surface area contributed by atoms with Gasteiger partial charge < -0.3 is 10.6 Å². The first-order chi connectivity index (χ1) is 7.84. The van der Waals surface area contributed by atoms with E-state index in [0.29, 0.717) is 12.5 Å². The molecule has 1 aliphatic heterocycles. The van der Waals surface area contributed by atoms with E-state index >= 15 is 0 Å². The maximum Gasteiger partial charge on any atom is 0.221 e. The SMILES string of the molecule is O=C1CC(NCCc2cccs2)CCCN1. The van der Waals surface area contributed by atoms with Crippen molar-refractivity contribution < 1.29 is 4.79 Å². The minimum absolute atomic E-state index is 0.186. The van der Waals surface area contributed by atoms with Crippen LogP contribution in [0.4, 0.5) is 0 Å². The fourth-order valence-electron chi connectivity index (χ4n) is 2.00. The summed E-state index contributed by atoms with van der Waals surface area (Å²) in [5, 5.41) is 8.48. The van der Waals surface area contributed by atoms with Gasteiger partial charge in [0.2, 0.25) is 5.91 Å². The molecule has 0 radical (unpaired) electrons. The zero-order chi connectivity index (χ0) is 11.2. The molecule has 88 valence electrons. The third-order valence-corrected chi connectivity index (χ3v) is 3.80. The highest BCUT2D eigenvalue weighted by atomic mass is 32.1. The van der Waals surface area contributed by atoms with Crippen molar-refractivity contribution in [1.82, 2.24) is 10.6 Å². The van der Waals surface area contributed by atoms with Gasteiger partial charge in [0, 0.05) is 30.4 Å². The summed E-state index contributed by atoms with van der Waals surface area (Å²) >= 11 is 1.79. The third-order valence-electron chi connectivity index (χ3n) is 2.87. The molecule has 1 unspecified atom stereocenters. The number of rotatable bonds is 4. The molecule has 0 spiro atoms. The van der Waals surface area contributed by atoms with E-state index in [1.165, 1.54) is 4.88 Å². The first kappa shape index (κ1) is 11.6. The van der Waals surface area contributed by atoms with Gasteiger partial charge in [0.15, 0.2) is 0 Å². The van der Waals surface area contributed by atoms with E-state index in [1.54, 1.807) is 11.3 Å². The molecule has 2 heterocycles. The second kappa shape index (κ2) is 6.01. The van der Waals surface area contributed by atoms with Crippen LogP contribution in [0.15, 0.2) is 17.5 Å².